The molecular formula is C21H28O4. The second-order valence-electron chi connectivity index (χ2n) is 7.86. The molecule has 0 radical (unpaired) electrons. The number of phenols is 1. The normalized spacial score (nSPS) is 23.9. The van der Waals surface area contributed by atoms with E-state index in [2.05, 4.69) is 20.8 Å². The van der Waals surface area contributed by atoms with Gasteiger partial charge in [-0.2, -0.15) is 0 Å². The lowest BCUT2D eigenvalue weighted by molar-refractivity contribution is -0.133. The zero-order valence-electron chi connectivity index (χ0n) is 15.3. The van der Waals surface area contributed by atoms with Crippen LogP contribution in [-0.2, 0) is 11.2 Å². The van der Waals surface area contributed by atoms with Crippen molar-refractivity contribution in [1.82, 2.24) is 0 Å². The Balaban J connectivity index is 2.02. The number of aliphatic carboxylic acids is 1. The fraction of sp³-hybridized carbons (Fsp3) is 0.571. The van der Waals surface area contributed by atoms with Crippen molar-refractivity contribution < 1.29 is 19.7 Å². The van der Waals surface area contributed by atoms with Crippen LogP contribution in [0.15, 0.2) is 23.8 Å². The standard InChI is InChI=1S/C21H28O4/c1-4-5-6-7-13-10-17(22)19-15-12-14(20(23)24)8-9-16(15)21(2,3)25-18(19)11-13/h10-12,15-16,22H,4-9H2,1-3H3,(H,23,24)/t15-,16-/m0/s1. The molecule has 1 aromatic carbocycles. The summed E-state index contributed by atoms with van der Waals surface area (Å²) in [4.78, 5) is 11.4. The number of aromatic hydroxyl groups is 1. The number of aryl methyl sites for hydroxylation is 1. The lowest BCUT2D eigenvalue weighted by Gasteiger charge is -2.46. The number of fused-ring (bicyclic) bond motifs is 3. The van der Waals surface area contributed by atoms with Crippen LogP contribution in [0.3, 0.4) is 0 Å². The summed E-state index contributed by atoms with van der Waals surface area (Å²) in [7, 11) is 0. The highest BCUT2D eigenvalue weighted by Gasteiger charge is 2.46. The van der Waals surface area contributed by atoms with Gasteiger partial charge < -0.3 is 14.9 Å². The molecule has 1 aliphatic heterocycles. The smallest absolute Gasteiger partial charge is 0.331 e. The van der Waals surface area contributed by atoms with E-state index >= 15 is 0 Å². The molecule has 4 heteroatoms. The minimum atomic E-state index is -0.861. The lowest BCUT2D eigenvalue weighted by atomic mass is 9.67. The van der Waals surface area contributed by atoms with Crippen LogP contribution in [0.2, 0.25) is 0 Å². The third-order valence-electron chi connectivity index (χ3n) is 5.66. The number of hydrogen-bond donors (Lipinski definition) is 2. The van der Waals surface area contributed by atoms with Gasteiger partial charge in [-0.25, -0.2) is 4.79 Å². The Kier molecular flexibility index (Phi) is 4.81. The first-order valence-corrected chi connectivity index (χ1v) is 9.32. The van der Waals surface area contributed by atoms with E-state index < -0.39 is 5.97 Å². The number of unbranched alkanes of at least 4 members (excludes halogenated alkanes) is 2. The van der Waals surface area contributed by atoms with Gasteiger partial charge in [-0.05, 0) is 57.2 Å². The number of rotatable bonds is 5. The first-order valence-electron chi connectivity index (χ1n) is 9.32. The molecule has 1 aromatic rings. The second-order valence-corrected chi connectivity index (χ2v) is 7.86. The fourth-order valence-electron chi connectivity index (χ4n) is 4.32. The van der Waals surface area contributed by atoms with Gasteiger partial charge >= 0.3 is 5.97 Å². The first-order chi connectivity index (χ1) is 11.8. The first kappa shape index (κ1) is 17.8. The van der Waals surface area contributed by atoms with Crippen LogP contribution < -0.4 is 4.74 Å². The summed E-state index contributed by atoms with van der Waals surface area (Å²) in [5, 5.41) is 20.0. The lowest BCUT2D eigenvalue weighted by Crippen LogP contribution is -2.45. The summed E-state index contributed by atoms with van der Waals surface area (Å²) in [5.41, 5.74) is 1.89. The van der Waals surface area contributed by atoms with Gasteiger partial charge in [-0.1, -0.05) is 25.8 Å². The number of ether oxygens (including phenoxy) is 1. The van der Waals surface area contributed by atoms with Gasteiger partial charge in [0.1, 0.15) is 17.1 Å². The minimum Gasteiger partial charge on any atom is -0.507 e. The van der Waals surface area contributed by atoms with E-state index in [0.29, 0.717) is 17.7 Å². The van der Waals surface area contributed by atoms with Crippen molar-refractivity contribution in [2.75, 3.05) is 0 Å². The average molecular weight is 344 g/mol. The van der Waals surface area contributed by atoms with Crippen molar-refractivity contribution in [1.29, 1.82) is 0 Å². The van der Waals surface area contributed by atoms with Gasteiger partial charge in [-0.3, -0.25) is 0 Å². The second kappa shape index (κ2) is 6.74. The number of carboxylic acid groups (broad SMARTS) is 1. The Morgan fingerprint density at radius 1 is 1.32 bits per heavy atom. The zero-order valence-corrected chi connectivity index (χ0v) is 15.3. The van der Waals surface area contributed by atoms with Crippen LogP contribution in [0.1, 0.15) is 69.9 Å². The Bertz CT molecular complexity index is 702. The summed E-state index contributed by atoms with van der Waals surface area (Å²) < 4.78 is 6.28. The van der Waals surface area contributed by atoms with E-state index in [-0.39, 0.29) is 23.2 Å². The van der Waals surface area contributed by atoms with Crippen LogP contribution in [0.25, 0.3) is 0 Å². The molecule has 0 aromatic heterocycles. The molecule has 0 unspecified atom stereocenters. The molecule has 1 heterocycles. The van der Waals surface area contributed by atoms with Gasteiger partial charge in [0, 0.05) is 23.0 Å². The number of carboxylic acids is 1. The van der Waals surface area contributed by atoms with Crippen molar-refractivity contribution in [3.63, 3.8) is 0 Å². The van der Waals surface area contributed by atoms with Crippen LogP contribution in [0.4, 0.5) is 0 Å². The Labute approximate surface area is 149 Å². The highest BCUT2D eigenvalue weighted by atomic mass is 16.5. The van der Waals surface area contributed by atoms with Crippen molar-refractivity contribution in [2.45, 2.75) is 70.8 Å². The van der Waals surface area contributed by atoms with E-state index in [1.807, 2.05) is 18.2 Å². The summed E-state index contributed by atoms with van der Waals surface area (Å²) >= 11 is 0. The largest absolute Gasteiger partial charge is 0.507 e. The van der Waals surface area contributed by atoms with Gasteiger partial charge in [0.15, 0.2) is 0 Å². The Hall–Kier alpha value is -1.97. The van der Waals surface area contributed by atoms with Crippen LogP contribution in [0, 0.1) is 5.92 Å². The molecule has 2 aliphatic rings. The number of hydrogen-bond acceptors (Lipinski definition) is 3. The average Bonchev–Trinajstić information content (AvgIpc) is 2.53. The van der Waals surface area contributed by atoms with E-state index in [1.54, 1.807) is 0 Å². The quantitative estimate of drug-likeness (QED) is 0.753. The Morgan fingerprint density at radius 3 is 2.76 bits per heavy atom. The molecule has 0 fully saturated rings. The summed E-state index contributed by atoms with van der Waals surface area (Å²) in [5.74, 6) is 0.140. The number of carbonyl (C=O) groups is 1. The van der Waals surface area contributed by atoms with Crippen molar-refractivity contribution in [3.05, 3.63) is 34.9 Å². The van der Waals surface area contributed by atoms with Crippen LogP contribution in [0.5, 0.6) is 11.5 Å². The zero-order chi connectivity index (χ0) is 18.2. The van der Waals surface area contributed by atoms with Gasteiger partial charge in [0.25, 0.3) is 0 Å². The molecule has 2 N–H and O–H groups in total. The van der Waals surface area contributed by atoms with Gasteiger partial charge in [0.2, 0.25) is 0 Å². The SMILES string of the molecule is CCCCCc1cc(O)c2c(c1)OC(C)(C)[C@H]1CCC(C(=O)O)=C[C@H]21. The predicted molar refractivity (Wildman–Crippen MR) is 97.2 cm³/mol. The van der Waals surface area contributed by atoms with E-state index in [9.17, 15) is 15.0 Å². The summed E-state index contributed by atoms with van der Waals surface area (Å²) in [6, 6.07) is 3.86. The molecular weight excluding hydrogens is 316 g/mol. The van der Waals surface area contributed by atoms with Crippen molar-refractivity contribution in [2.24, 2.45) is 5.92 Å². The minimum absolute atomic E-state index is 0.108. The molecule has 0 saturated heterocycles. The molecule has 2 atom stereocenters. The maximum absolute atomic E-state index is 11.4. The van der Waals surface area contributed by atoms with E-state index in [0.717, 1.165) is 36.8 Å². The molecule has 0 amide bonds. The number of allylic oxidation sites excluding steroid dienone is 1. The molecule has 0 bridgehead atoms. The predicted octanol–water partition coefficient (Wildman–Crippen LogP) is 4.80. The molecule has 0 saturated carbocycles. The summed E-state index contributed by atoms with van der Waals surface area (Å²) in [6.45, 7) is 6.30. The highest BCUT2D eigenvalue weighted by Crippen LogP contribution is 2.53. The van der Waals surface area contributed by atoms with Gasteiger partial charge in [0.05, 0.1) is 0 Å². The Morgan fingerprint density at radius 2 is 2.08 bits per heavy atom. The highest BCUT2D eigenvalue weighted by molar-refractivity contribution is 5.87. The molecule has 1 aliphatic carbocycles. The monoisotopic (exact) mass is 344 g/mol. The van der Waals surface area contributed by atoms with Crippen LogP contribution in [-0.4, -0.2) is 21.8 Å². The number of benzene rings is 1. The fourth-order valence-corrected chi connectivity index (χ4v) is 4.32. The molecule has 136 valence electrons. The summed E-state index contributed by atoms with van der Waals surface area (Å²) in [6.07, 6.45) is 7.47. The number of phenolic OH excluding ortho intramolecular Hbond substituents is 1. The van der Waals surface area contributed by atoms with Crippen LogP contribution >= 0.6 is 0 Å². The maximum Gasteiger partial charge on any atom is 0.331 e. The third kappa shape index (κ3) is 3.39. The van der Waals surface area contributed by atoms with E-state index in [4.69, 9.17) is 4.74 Å². The maximum atomic E-state index is 11.4. The molecule has 3 rings (SSSR count). The molecule has 0 spiro atoms. The molecule has 25 heavy (non-hydrogen) atoms. The van der Waals surface area contributed by atoms with E-state index in [1.165, 1.54) is 6.42 Å². The van der Waals surface area contributed by atoms with Crippen molar-refractivity contribution in [3.8, 4) is 11.5 Å². The molecule has 4 nitrogen and oxygen atoms in total. The van der Waals surface area contributed by atoms with Gasteiger partial charge in [-0.15, -0.1) is 0 Å². The van der Waals surface area contributed by atoms with Crippen molar-refractivity contribution >= 4 is 5.97 Å². The topological polar surface area (TPSA) is 66.8 Å². The third-order valence-corrected chi connectivity index (χ3v) is 5.66.